The number of aromatic nitrogens is 4. The van der Waals surface area contributed by atoms with E-state index in [0.29, 0.717) is 16.6 Å². The fraction of sp³-hybridized carbons (Fsp3) is 0.556. The van der Waals surface area contributed by atoms with Gasteiger partial charge in [0.2, 0.25) is 0 Å². The molecule has 0 bridgehead atoms. The van der Waals surface area contributed by atoms with Crippen molar-refractivity contribution < 1.29 is 4.79 Å². The van der Waals surface area contributed by atoms with Crippen LogP contribution in [-0.4, -0.2) is 49.7 Å². The molecule has 1 aliphatic heterocycles. The van der Waals surface area contributed by atoms with Crippen molar-refractivity contribution in [1.29, 1.82) is 0 Å². The summed E-state index contributed by atoms with van der Waals surface area (Å²) in [5.74, 6) is 2.30. The van der Waals surface area contributed by atoms with Gasteiger partial charge in [-0.3, -0.25) is 4.79 Å². The maximum atomic E-state index is 12.8. The first-order valence-corrected chi connectivity index (χ1v) is 10.1. The molecule has 25 heavy (non-hydrogen) atoms. The number of piperidine rings is 1. The molecule has 2 fully saturated rings. The van der Waals surface area contributed by atoms with Crippen LogP contribution in [0.5, 0.6) is 0 Å². The van der Waals surface area contributed by atoms with E-state index in [2.05, 4.69) is 25.7 Å². The lowest BCUT2D eigenvalue weighted by atomic mass is 9.96. The van der Waals surface area contributed by atoms with Gasteiger partial charge in [0.15, 0.2) is 5.16 Å². The Labute approximate surface area is 152 Å². The van der Waals surface area contributed by atoms with Crippen LogP contribution < -0.4 is 0 Å². The van der Waals surface area contributed by atoms with Crippen molar-refractivity contribution in [3.05, 3.63) is 36.2 Å². The van der Waals surface area contributed by atoms with Gasteiger partial charge in [0, 0.05) is 50.3 Å². The molecule has 0 N–H and O–H groups in total. The first kappa shape index (κ1) is 16.6. The van der Waals surface area contributed by atoms with Gasteiger partial charge in [0.05, 0.1) is 5.56 Å². The Morgan fingerprint density at radius 3 is 2.76 bits per heavy atom. The molecule has 1 saturated heterocycles. The predicted octanol–water partition coefficient (Wildman–Crippen LogP) is 2.82. The highest BCUT2D eigenvalue weighted by Gasteiger charge is 2.30. The highest BCUT2D eigenvalue weighted by Crippen LogP contribution is 2.33. The van der Waals surface area contributed by atoms with Crippen LogP contribution in [0.3, 0.4) is 0 Å². The number of hydrogen-bond donors (Lipinski definition) is 0. The fourth-order valence-corrected chi connectivity index (χ4v) is 3.82. The number of amides is 1. The monoisotopic (exact) mass is 357 g/mol. The summed E-state index contributed by atoms with van der Waals surface area (Å²) < 4.78 is 2.30. The summed E-state index contributed by atoms with van der Waals surface area (Å²) in [7, 11) is 0. The Bertz CT molecular complexity index is 740. The molecule has 2 aliphatic rings. The molecule has 1 aliphatic carbocycles. The third-order valence-electron chi connectivity index (χ3n) is 5.03. The molecule has 7 heteroatoms. The molecule has 4 rings (SSSR count). The van der Waals surface area contributed by atoms with E-state index in [1.165, 1.54) is 24.6 Å². The summed E-state index contributed by atoms with van der Waals surface area (Å²) in [6, 6.07) is 0. The standard InChI is InChI=1S/C18H23N5OS/c1-25-18-20-9-15(10-21-18)17(24)23-7-2-3-14(12-23)16-19-6-8-22(16)11-13-4-5-13/h6,8-10,13-14H,2-5,7,11-12H2,1H3/t14-/m1/s1. The Balaban J connectivity index is 1.46. The molecule has 2 aromatic heterocycles. The minimum atomic E-state index is 0.0256. The van der Waals surface area contributed by atoms with Gasteiger partial charge in [-0.25, -0.2) is 15.0 Å². The minimum Gasteiger partial charge on any atom is -0.338 e. The molecule has 3 heterocycles. The molecule has 0 spiro atoms. The zero-order valence-electron chi connectivity index (χ0n) is 14.5. The lowest BCUT2D eigenvalue weighted by molar-refractivity contribution is 0.0702. The second-order valence-corrected chi connectivity index (χ2v) is 7.70. The van der Waals surface area contributed by atoms with Gasteiger partial charge in [-0.15, -0.1) is 0 Å². The summed E-state index contributed by atoms with van der Waals surface area (Å²) in [6.07, 6.45) is 14.0. The van der Waals surface area contributed by atoms with Crippen molar-refractivity contribution in [3.8, 4) is 0 Å². The topological polar surface area (TPSA) is 63.9 Å². The van der Waals surface area contributed by atoms with Crippen LogP contribution in [0.1, 0.15) is 47.8 Å². The maximum Gasteiger partial charge on any atom is 0.257 e. The average Bonchev–Trinajstić information content (AvgIpc) is 3.36. The van der Waals surface area contributed by atoms with E-state index in [0.717, 1.165) is 44.2 Å². The number of thioether (sulfide) groups is 1. The zero-order valence-corrected chi connectivity index (χ0v) is 15.3. The van der Waals surface area contributed by atoms with E-state index < -0.39 is 0 Å². The first-order chi connectivity index (χ1) is 12.2. The molecule has 2 aromatic rings. The van der Waals surface area contributed by atoms with Crippen LogP contribution in [-0.2, 0) is 6.54 Å². The van der Waals surface area contributed by atoms with Gasteiger partial charge >= 0.3 is 0 Å². The van der Waals surface area contributed by atoms with Crippen molar-refractivity contribution in [1.82, 2.24) is 24.4 Å². The summed E-state index contributed by atoms with van der Waals surface area (Å²) in [4.78, 5) is 27.8. The highest BCUT2D eigenvalue weighted by molar-refractivity contribution is 7.98. The van der Waals surface area contributed by atoms with Crippen molar-refractivity contribution in [2.75, 3.05) is 19.3 Å². The van der Waals surface area contributed by atoms with E-state index in [9.17, 15) is 4.79 Å². The van der Waals surface area contributed by atoms with Crippen LogP contribution in [0.15, 0.2) is 29.9 Å². The normalized spacial score (nSPS) is 20.7. The molecular formula is C18H23N5OS. The van der Waals surface area contributed by atoms with Crippen LogP contribution >= 0.6 is 11.8 Å². The summed E-state index contributed by atoms with van der Waals surface area (Å²) in [6.45, 7) is 2.59. The van der Waals surface area contributed by atoms with Crippen LogP contribution in [0.25, 0.3) is 0 Å². The molecule has 0 aromatic carbocycles. The fourth-order valence-electron chi connectivity index (χ4n) is 3.50. The Morgan fingerprint density at radius 2 is 2.04 bits per heavy atom. The molecule has 1 amide bonds. The molecule has 1 saturated carbocycles. The summed E-state index contributed by atoms with van der Waals surface area (Å²) in [5, 5.41) is 0.690. The molecule has 0 unspecified atom stereocenters. The SMILES string of the molecule is CSc1ncc(C(=O)N2CCC[C@@H](c3nccn3CC3CC3)C2)cn1. The minimum absolute atomic E-state index is 0.0256. The number of likely N-dealkylation sites (tertiary alicyclic amines) is 1. The van der Waals surface area contributed by atoms with Gasteiger partial charge in [-0.2, -0.15) is 0 Å². The van der Waals surface area contributed by atoms with Crippen LogP contribution in [0.4, 0.5) is 0 Å². The second-order valence-electron chi connectivity index (χ2n) is 6.93. The molecule has 1 atom stereocenters. The van der Waals surface area contributed by atoms with Crippen molar-refractivity contribution >= 4 is 17.7 Å². The van der Waals surface area contributed by atoms with E-state index in [1.807, 2.05) is 17.4 Å². The van der Waals surface area contributed by atoms with Crippen molar-refractivity contribution in [2.24, 2.45) is 5.92 Å². The molecule has 132 valence electrons. The van der Waals surface area contributed by atoms with Crippen LogP contribution in [0.2, 0.25) is 0 Å². The summed E-state index contributed by atoms with van der Waals surface area (Å²) in [5.41, 5.74) is 0.569. The number of hydrogen-bond acceptors (Lipinski definition) is 5. The summed E-state index contributed by atoms with van der Waals surface area (Å²) >= 11 is 1.48. The third kappa shape index (κ3) is 3.71. The van der Waals surface area contributed by atoms with Gasteiger partial charge in [0.25, 0.3) is 5.91 Å². The van der Waals surface area contributed by atoms with Gasteiger partial charge in [-0.05, 0) is 37.9 Å². The van der Waals surface area contributed by atoms with E-state index >= 15 is 0 Å². The lowest BCUT2D eigenvalue weighted by Gasteiger charge is -2.32. The van der Waals surface area contributed by atoms with E-state index in [1.54, 1.807) is 12.4 Å². The first-order valence-electron chi connectivity index (χ1n) is 8.91. The zero-order chi connectivity index (χ0) is 17.2. The lowest BCUT2D eigenvalue weighted by Crippen LogP contribution is -2.40. The van der Waals surface area contributed by atoms with Crippen LogP contribution in [0, 0.1) is 5.92 Å². The second kappa shape index (κ2) is 7.15. The predicted molar refractivity (Wildman–Crippen MR) is 96.6 cm³/mol. The largest absolute Gasteiger partial charge is 0.338 e. The molecule has 6 nitrogen and oxygen atoms in total. The quantitative estimate of drug-likeness (QED) is 0.608. The molecule has 0 radical (unpaired) electrons. The number of carbonyl (C=O) groups excluding carboxylic acids is 1. The number of rotatable bonds is 5. The number of imidazole rings is 1. The number of nitrogens with zero attached hydrogens (tertiary/aromatic N) is 5. The highest BCUT2D eigenvalue weighted by atomic mass is 32.2. The van der Waals surface area contributed by atoms with E-state index in [4.69, 9.17) is 0 Å². The molecular weight excluding hydrogens is 334 g/mol. The average molecular weight is 357 g/mol. The third-order valence-corrected chi connectivity index (χ3v) is 5.61. The van der Waals surface area contributed by atoms with E-state index in [-0.39, 0.29) is 5.91 Å². The Hall–Kier alpha value is -1.89. The van der Waals surface area contributed by atoms with Gasteiger partial charge < -0.3 is 9.47 Å². The Kier molecular flexibility index (Phi) is 4.74. The Morgan fingerprint density at radius 1 is 1.24 bits per heavy atom. The van der Waals surface area contributed by atoms with Gasteiger partial charge in [0.1, 0.15) is 5.82 Å². The maximum absolute atomic E-state index is 12.8. The van der Waals surface area contributed by atoms with Crippen molar-refractivity contribution in [3.63, 3.8) is 0 Å². The smallest absolute Gasteiger partial charge is 0.257 e. The van der Waals surface area contributed by atoms with Gasteiger partial charge in [-0.1, -0.05) is 11.8 Å². The number of carbonyl (C=O) groups is 1. The van der Waals surface area contributed by atoms with Crippen molar-refractivity contribution in [2.45, 2.75) is 43.3 Å².